The molecular weight excluding hydrogens is 294 g/mol. The zero-order chi connectivity index (χ0) is 16.1. The average molecular weight is 309 g/mol. The van der Waals surface area contributed by atoms with Crippen molar-refractivity contribution in [2.45, 2.75) is 19.3 Å². The third kappa shape index (κ3) is 4.00. The highest BCUT2D eigenvalue weighted by atomic mass is 16.5. The molecule has 6 heteroatoms. The summed E-state index contributed by atoms with van der Waals surface area (Å²) in [6.45, 7) is 0. The lowest BCUT2D eigenvalue weighted by molar-refractivity contribution is 0.0956. The van der Waals surface area contributed by atoms with Gasteiger partial charge in [-0.3, -0.25) is 9.59 Å². The number of Topliss-reactive ketones (excluding diaryl/α,β-unsaturated/α-hetero) is 1. The van der Waals surface area contributed by atoms with Crippen molar-refractivity contribution in [3.8, 4) is 0 Å². The molecule has 0 aliphatic rings. The summed E-state index contributed by atoms with van der Waals surface area (Å²) in [5.74, 6) is -0.282. The number of carbonyl (C=O) groups excluding carboxylic acids is 1. The van der Waals surface area contributed by atoms with E-state index in [1.807, 2.05) is 24.3 Å². The van der Waals surface area contributed by atoms with Crippen molar-refractivity contribution in [2.75, 3.05) is 0 Å². The van der Waals surface area contributed by atoms with Crippen LogP contribution in [0.3, 0.4) is 0 Å². The third-order valence-electron chi connectivity index (χ3n) is 3.43. The average Bonchev–Trinajstić information content (AvgIpc) is 3.01. The van der Waals surface area contributed by atoms with Crippen molar-refractivity contribution in [2.24, 2.45) is 0 Å². The van der Waals surface area contributed by atoms with Crippen LogP contribution in [0.2, 0.25) is 0 Å². The molecule has 0 saturated carbocycles. The van der Waals surface area contributed by atoms with Crippen LogP contribution in [0.4, 0.5) is 0 Å². The number of nitrogens with one attached hydrogen (secondary N) is 1. The van der Waals surface area contributed by atoms with Crippen LogP contribution < -0.4 is 5.56 Å². The van der Waals surface area contributed by atoms with Crippen molar-refractivity contribution >= 4 is 5.78 Å². The van der Waals surface area contributed by atoms with E-state index in [1.165, 1.54) is 11.9 Å². The predicted molar refractivity (Wildman–Crippen MR) is 83.2 cm³/mol. The maximum atomic E-state index is 12.0. The lowest BCUT2D eigenvalue weighted by Gasteiger charge is -2.03. The molecule has 0 radical (unpaired) electrons. The number of ketones is 1. The number of aromatic nitrogens is 3. The van der Waals surface area contributed by atoms with Crippen molar-refractivity contribution in [3.63, 3.8) is 0 Å². The maximum absolute atomic E-state index is 12.0. The molecule has 2 heterocycles. The number of aromatic amines is 1. The SMILES string of the molecule is O=C(Cc1cc(CCc2ccccc2)ncn1)c1cc(=O)[nH]o1. The second-order valence-electron chi connectivity index (χ2n) is 5.16. The summed E-state index contributed by atoms with van der Waals surface area (Å²) in [5.41, 5.74) is 2.29. The number of benzene rings is 1. The summed E-state index contributed by atoms with van der Waals surface area (Å²) in [6.07, 6.45) is 3.17. The highest BCUT2D eigenvalue weighted by Crippen LogP contribution is 2.08. The fraction of sp³-hybridized carbons (Fsp3) is 0.176. The Kier molecular flexibility index (Phi) is 4.42. The zero-order valence-electron chi connectivity index (χ0n) is 12.4. The van der Waals surface area contributed by atoms with E-state index in [0.29, 0.717) is 5.69 Å². The van der Waals surface area contributed by atoms with E-state index in [-0.39, 0.29) is 18.0 Å². The van der Waals surface area contributed by atoms with Gasteiger partial charge < -0.3 is 4.52 Å². The molecule has 0 aliphatic carbocycles. The largest absolute Gasteiger partial charge is 0.375 e. The van der Waals surface area contributed by atoms with Gasteiger partial charge in [-0.2, -0.15) is 5.16 Å². The predicted octanol–water partition coefficient (Wildman–Crippen LogP) is 1.97. The maximum Gasteiger partial charge on any atom is 0.280 e. The molecule has 1 aromatic carbocycles. The van der Waals surface area contributed by atoms with Gasteiger partial charge in [0.05, 0.1) is 18.2 Å². The monoisotopic (exact) mass is 309 g/mol. The van der Waals surface area contributed by atoms with E-state index in [4.69, 9.17) is 4.52 Å². The van der Waals surface area contributed by atoms with Crippen LogP contribution in [0.5, 0.6) is 0 Å². The summed E-state index contributed by atoms with van der Waals surface area (Å²) in [6, 6.07) is 13.1. The van der Waals surface area contributed by atoms with Gasteiger partial charge in [0.25, 0.3) is 5.56 Å². The van der Waals surface area contributed by atoms with Crippen LogP contribution in [0.1, 0.15) is 27.5 Å². The molecule has 3 rings (SSSR count). The normalized spacial score (nSPS) is 10.6. The van der Waals surface area contributed by atoms with Crippen LogP contribution in [-0.2, 0) is 19.3 Å². The van der Waals surface area contributed by atoms with Crippen LogP contribution in [0.25, 0.3) is 0 Å². The smallest absolute Gasteiger partial charge is 0.280 e. The summed E-state index contributed by atoms with van der Waals surface area (Å²) >= 11 is 0. The molecule has 0 spiro atoms. The second kappa shape index (κ2) is 6.83. The number of hydrogen-bond acceptors (Lipinski definition) is 5. The van der Waals surface area contributed by atoms with Gasteiger partial charge in [-0.25, -0.2) is 9.97 Å². The first-order valence-electron chi connectivity index (χ1n) is 7.26. The zero-order valence-corrected chi connectivity index (χ0v) is 12.4. The third-order valence-corrected chi connectivity index (χ3v) is 3.43. The molecule has 0 fully saturated rings. The van der Waals surface area contributed by atoms with E-state index < -0.39 is 5.56 Å². The standard InChI is InChI=1S/C17H15N3O3/c21-15(16-10-17(22)20-23-16)9-14-8-13(18-11-19-14)7-6-12-4-2-1-3-5-12/h1-5,8,10-11H,6-7,9H2,(H,20,22). The van der Waals surface area contributed by atoms with E-state index in [2.05, 4.69) is 27.3 Å². The lowest BCUT2D eigenvalue weighted by atomic mass is 10.1. The van der Waals surface area contributed by atoms with Gasteiger partial charge in [-0.05, 0) is 24.5 Å². The second-order valence-corrected chi connectivity index (χ2v) is 5.16. The Labute approximate surface area is 132 Å². The number of hydrogen-bond donors (Lipinski definition) is 1. The molecule has 23 heavy (non-hydrogen) atoms. The van der Waals surface area contributed by atoms with E-state index in [1.54, 1.807) is 0 Å². The van der Waals surface area contributed by atoms with Gasteiger partial charge in [-0.1, -0.05) is 30.3 Å². The molecule has 0 aliphatic heterocycles. The van der Waals surface area contributed by atoms with Gasteiger partial charge in [-0.15, -0.1) is 0 Å². The minimum Gasteiger partial charge on any atom is -0.375 e. The first-order chi connectivity index (χ1) is 11.2. The minimum absolute atomic E-state index is 0.0134. The highest BCUT2D eigenvalue weighted by Gasteiger charge is 2.13. The quantitative estimate of drug-likeness (QED) is 0.703. The molecule has 3 aromatic rings. The fourth-order valence-corrected chi connectivity index (χ4v) is 2.27. The van der Waals surface area contributed by atoms with Gasteiger partial charge in [0, 0.05) is 5.69 Å². The van der Waals surface area contributed by atoms with Gasteiger partial charge in [0.15, 0.2) is 0 Å². The molecule has 0 unspecified atom stereocenters. The number of H-pyrrole nitrogens is 1. The molecule has 0 atom stereocenters. The summed E-state index contributed by atoms with van der Waals surface area (Å²) in [4.78, 5) is 31.3. The first-order valence-corrected chi connectivity index (χ1v) is 7.26. The van der Waals surface area contributed by atoms with E-state index >= 15 is 0 Å². The Bertz CT molecular complexity index is 853. The molecule has 0 bridgehead atoms. The molecule has 116 valence electrons. The van der Waals surface area contributed by atoms with Gasteiger partial charge >= 0.3 is 0 Å². The van der Waals surface area contributed by atoms with E-state index in [0.717, 1.165) is 24.6 Å². The first kappa shape index (κ1) is 14.9. The summed E-state index contributed by atoms with van der Waals surface area (Å²) < 4.78 is 4.80. The Morgan fingerprint density at radius 2 is 1.83 bits per heavy atom. The number of aryl methyl sites for hydroxylation is 2. The Hall–Kier alpha value is -3.02. The molecule has 0 amide bonds. The highest BCUT2D eigenvalue weighted by molar-refractivity contribution is 5.94. The molecule has 6 nitrogen and oxygen atoms in total. The van der Waals surface area contributed by atoms with Crippen molar-refractivity contribution < 1.29 is 9.32 Å². The lowest BCUT2D eigenvalue weighted by Crippen LogP contribution is -2.06. The topological polar surface area (TPSA) is 88.9 Å². The number of carbonyl (C=O) groups is 1. The van der Waals surface area contributed by atoms with Gasteiger partial charge in [0.2, 0.25) is 11.5 Å². The molecule has 1 N–H and O–H groups in total. The van der Waals surface area contributed by atoms with Crippen molar-refractivity contribution in [1.82, 2.24) is 15.1 Å². The summed E-state index contributed by atoms with van der Waals surface area (Å²) in [5, 5.41) is 2.10. The number of nitrogens with zero attached hydrogens (tertiary/aromatic N) is 2. The van der Waals surface area contributed by atoms with Crippen LogP contribution in [-0.4, -0.2) is 20.9 Å². The molecular formula is C17H15N3O3. The number of rotatable bonds is 6. The fourth-order valence-electron chi connectivity index (χ4n) is 2.27. The van der Waals surface area contributed by atoms with E-state index in [9.17, 15) is 9.59 Å². The van der Waals surface area contributed by atoms with Crippen molar-refractivity contribution in [1.29, 1.82) is 0 Å². The van der Waals surface area contributed by atoms with Crippen LogP contribution in [0, 0.1) is 0 Å². The minimum atomic E-state index is -0.431. The van der Waals surface area contributed by atoms with Crippen molar-refractivity contribution in [3.05, 3.63) is 81.9 Å². The Balaban J connectivity index is 1.65. The molecule has 0 saturated heterocycles. The van der Waals surface area contributed by atoms with Gasteiger partial charge in [0.1, 0.15) is 6.33 Å². The van der Waals surface area contributed by atoms with Crippen LogP contribution >= 0.6 is 0 Å². The Morgan fingerprint density at radius 3 is 2.57 bits per heavy atom. The Morgan fingerprint density at radius 1 is 1.04 bits per heavy atom. The molecule has 2 aromatic heterocycles. The summed E-state index contributed by atoms with van der Waals surface area (Å²) in [7, 11) is 0. The van der Waals surface area contributed by atoms with Crippen LogP contribution in [0.15, 0.2) is 58.1 Å².